The van der Waals surface area contributed by atoms with Crippen molar-refractivity contribution in [3.63, 3.8) is 0 Å². The highest BCUT2D eigenvalue weighted by Gasteiger charge is 2.48. The zero-order valence-electron chi connectivity index (χ0n) is 41.5. The van der Waals surface area contributed by atoms with E-state index in [0.717, 1.165) is 64.2 Å². The van der Waals surface area contributed by atoms with Crippen LogP contribution in [-0.4, -0.2) is 97.5 Å². The van der Waals surface area contributed by atoms with Gasteiger partial charge in [-0.15, -0.1) is 0 Å². The summed E-state index contributed by atoms with van der Waals surface area (Å²) in [6, 6.07) is 0. The molecule has 0 aromatic rings. The topological polar surface area (TPSA) is 178 Å². The van der Waals surface area contributed by atoms with Gasteiger partial charge in [0, 0.05) is 13.0 Å². The van der Waals surface area contributed by atoms with Gasteiger partial charge in [0.15, 0.2) is 6.29 Å². The summed E-state index contributed by atoms with van der Waals surface area (Å²) in [5.41, 5.74) is 0. The van der Waals surface area contributed by atoms with Gasteiger partial charge in [-0.2, -0.15) is 8.42 Å². The van der Waals surface area contributed by atoms with Gasteiger partial charge >= 0.3 is 16.4 Å². The molecule has 1 aliphatic heterocycles. The molecule has 6 unspecified atom stereocenters. The lowest BCUT2D eigenvalue weighted by Crippen LogP contribution is -2.60. The van der Waals surface area contributed by atoms with E-state index in [-0.39, 0.29) is 19.6 Å². The summed E-state index contributed by atoms with van der Waals surface area (Å²) >= 11 is 0. The van der Waals surface area contributed by atoms with Crippen molar-refractivity contribution in [2.75, 3.05) is 26.4 Å². The number of carbonyl (C=O) groups is 1. The fourth-order valence-electron chi connectivity index (χ4n) is 7.91. The second-order valence-corrected chi connectivity index (χ2v) is 19.2. The Hall–Kier alpha value is -1.94. The van der Waals surface area contributed by atoms with Crippen LogP contribution in [0.5, 0.6) is 0 Å². The van der Waals surface area contributed by atoms with Crippen LogP contribution in [-0.2, 0) is 38.3 Å². The van der Waals surface area contributed by atoms with Crippen LogP contribution in [0.25, 0.3) is 0 Å². The third kappa shape index (κ3) is 37.0. The Kier molecular flexibility index (Phi) is 41.6. The summed E-state index contributed by atoms with van der Waals surface area (Å²) in [4.78, 5) is 12.9. The van der Waals surface area contributed by atoms with Crippen LogP contribution in [0.3, 0.4) is 0 Å². The third-order valence-electron chi connectivity index (χ3n) is 11.9. The molecule has 386 valence electrons. The summed E-state index contributed by atoms with van der Waals surface area (Å²) in [6.45, 7) is 3.95. The van der Waals surface area contributed by atoms with Gasteiger partial charge in [-0.3, -0.25) is 9.35 Å². The number of ether oxygens (including phenoxy) is 4. The van der Waals surface area contributed by atoms with E-state index in [1.54, 1.807) is 0 Å². The molecule has 0 amide bonds. The highest BCUT2D eigenvalue weighted by molar-refractivity contribution is 7.80. The number of unbranched alkanes of at least 4 members (excludes halogenated alkanes) is 25. The van der Waals surface area contributed by atoms with Gasteiger partial charge in [0.05, 0.1) is 19.8 Å². The lowest BCUT2D eigenvalue weighted by atomic mass is 9.99. The predicted molar refractivity (Wildman–Crippen MR) is 266 cm³/mol. The molecule has 1 rings (SSSR count). The van der Waals surface area contributed by atoms with E-state index in [9.17, 15) is 33.1 Å². The van der Waals surface area contributed by atoms with E-state index >= 15 is 0 Å². The molecule has 0 bridgehead atoms. The number of rotatable bonds is 46. The molecule has 4 N–H and O–H groups in total. The van der Waals surface area contributed by atoms with Gasteiger partial charge in [0.2, 0.25) is 0 Å². The van der Waals surface area contributed by atoms with E-state index in [1.807, 2.05) is 0 Å². The summed E-state index contributed by atoms with van der Waals surface area (Å²) < 4.78 is 59.3. The molecule has 6 atom stereocenters. The highest BCUT2D eigenvalue weighted by atomic mass is 32.3. The van der Waals surface area contributed by atoms with Crippen molar-refractivity contribution in [3.05, 3.63) is 48.6 Å². The van der Waals surface area contributed by atoms with Crippen LogP contribution >= 0.6 is 0 Å². The first-order valence-corrected chi connectivity index (χ1v) is 27.8. The standard InChI is InChI=1S/C53H96O12S/c1-3-5-7-9-11-13-15-17-19-21-22-23-24-25-26-27-28-30-32-34-36-38-40-42-49(55)63-47(46-62-53-51(57)52(65-66(58,59)60)50(56)48(44-54)64-53)45-61-43-41-39-37-35-33-31-29-20-18-16-14-12-10-8-6-4-2/h12,14-15,17-18,20-22,47-48,50-54,56-57H,3-11,13,16,19,23-46H2,1-2H3,(H,58,59,60)/b14-12-,17-15-,20-18-,22-21-. The molecule has 1 aliphatic rings. The zero-order chi connectivity index (χ0) is 48.2. The van der Waals surface area contributed by atoms with Crippen LogP contribution in [0.1, 0.15) is 219 Å². The Morgan fingerprint density at radius 3 is 1.47 bits per heavy atom. The number of aliphatic hydroxyl groups excluding tert-OH is 3. The summed E-state index contributed by atoms with van der Waals surface area (Å²) in [6.07, 6.45) is 45.7. The van der Waals surface area contributed by atoms with Gasteiger partial charge in [-0.05, 0) is 77.0 Å². The Labute approximate surface area is 402 Å². The van der Waals surface area contributed by atoms with Crippen molar-refractivity contribution in [1.82, 2.24) is 0 Å². The maximum absolute atomic E-state index is 12.9. The minimum Gasteiger partial charge on any atom is -0.457 e. The first-order valence-electron chi connectivity index (χ1n) is 26.4. The molecule has 1 saturated heterocycles. The molecule has 0 saturated carbocycles. The smallest absolute Gasteiger partial charge is 0.397 e. The third-order valence-corrected chi connectivity index (χ3v) is 12.4. The van der Waals surface area contributed by atoms with E-state index in [4.69, 9.17) is 18.9 Å². The number of carbonyl (C=O) groups excluding carboxylic acids is 1. The van der Waals surface area contributed by atoms with Crippen molar-refractivity contribution in [2.45, 2.75) is 256 Å². The monoisotopic (exact) mass is 957 g/mol. The minimum absolute atomic E-state index is 0.0279. The van der Waals surface area contributed by atoms with Gasteiger partial charge in [0.25, 0.3) is 0 Å². The van der Waals surface area contributed by atoms with Crippen molar-refractivity contribution >= 4 is 16.4 Å². The number of hydrogen-bond acceptors (Lipinski definition) is 11. The maximum Gasteiger partial charge on any atom is 0.397 e. The predicted octanol–water partition coefficient (Wildman–Crippen LogP) is 12.3. The average molecular weight is 957 g/mol. The van der Waals surface area contributed by atoms with E-state index < -0.39 is 59.8 Å². The van der Waals surface area contributed by atoms with Gasteiger partial charge in [-0.25, -0.2) is 4.18 Å². The maximum atomic E-state index is 12.9. The van der Waals surface area contributed by atoms with Crippen molar-refractivity contribution < 1.29 is 56.2 Å². The summed E-state index contributed by atoms with van der Waals surface area (Å²) in [5.74, 6) is -0.405. The SMILES string of the molecule is CCCCC/C=C\C/C=C\CCCCCCCCOCC(COC1OC(CO)C(O)C(OS(=O)(=O)O)C1O)OC(=O)CCCCCCCCCCCCC/C=C\C/C=C\CCCCCCC. The second-order valence-electron chi connectivity index (χ2n) is 18.1. The van der Waals surface area contributed by atoms with Crippen molar-refractivity contribution in [1.29, 1.82) is 0 Å². The van der Waals surface area contributed by atoms with Crippen molar-refractivity contribution in [2.24, 2.45) is 0 Å². The Morgan fingerprint density at radius 1 is 0.576 bits per heavy atom. The Bertz CT molecular complexity index is 1340. The quantitative estimate of drug-likeness (QED) is 0.0197. The zero-order valence-corrected chi connectivity index (χ0v) is 42.3. The van der Waals surface area contributed by atoms with Crippen LogP contribution in [0, 0.1) is 0 Å². The van der Waals surface area contributed by atoms with E-state index in [0.29, 0.717) is 13.0 Å². The summed E-state index contributed by atoms with van der Waals surface area (Å²) in [7, 11) is -5.07. The molecule has 0 aromatic carbocycles. The van der Waals surface area contributed by atoms with Crippen LogP contribution in [0.15, 0.2) is 48.6 Å². The largest absolute Gasteiger partial charge is 0.457 e. The molecule has 1 fully saturated rings. The number of allylic oxidation sites excluding steroid dienone is 8. The molecule has 1 heterocycles. The number of aliphatic hydroxyl groups is 3. The van der Waals surface area contributed by atoms with Crippen molar-refractivity contribution in [3.8, 4) is 0 Å². The van der Waals surface area contributed by atoms with E-state index in [2.05, 4.69) is 66.6 Å². The lowest BCUT2D eigenvalue weighted by Gasteiger charge is -2.41. The van der Waals surface area contributed by atoms with Gasteiger partial charge in [-0.1, -0.05) is 184 Å². The van der Waals surface area contributed by atoms with E-state index in [1.165, 1.54) is 128 Å². The fraction of sp³-hybridized carbons (Fsp3) is 0.830. The molecule has 66 heavy (non-hydrogen) atoms. The Morgan fingerprint density at radius 2 is 1.00 bits per heavy atom. The average Bonchev–Trinajstić information content (AvgIpc) is 3.29. The molecule has 0 aliphatic carbocycles. The van der Waals surface area contributed by atoms with Crippen LogP contribution < -0.4 is 0 Å². The molecule has 0 aromatic heterocycles. The number of hydrogen-bond donors (Lipinski definition) is 4. The first kappa shape index (κ1) is 62.1. The first-order chi connectivity index (χ1) is 32.1. The second kappa shape index (κ2) is 44.3. The molecule has 0 spiro atoms. The van der Waals surface area contributed by atoms with Gasteiger partial charge in [0.1, 0.15) is 30.5 Å². The molecular weight excluding hydrogens is 861 g/mol. The lowest BCUT2D eigenvalue weighted by molar-refractivity contribution is -0.301. The molecule has 13 heteroatoms. The normalized spacial score (nSPS) is 19.9. The van der Waals surface area contributed by atoms with Gasteiger partial charge < -0.3 is 34.3 Å². The minimum atomic E-state index is -5.07. The van der Waals surface area contributed by atoms with Crippen LogP contribution in [0.2, 0.25) is 0 Å². The summed E-state index contributed by atoms with van der Waals surface area (Å²) in [5, 5.41) is 30.8. The molecule has 12 nitrogen and oxygen atoms in total. The Balaban J connectivity index is 2.34. The fourth-order valence-corrected chi connectivity index (χ4v) is 8.42. The molecular formula is C53H96O12S. The molecule has 0 radical (unpaired) electrons. The number of esters is 1. The van der Waals surface area contributed by atoms with Crippen LogP contribution in [0.4, 0.5) is 0 Å². The highest BCUT2D eigenvalue weighted by Crippen LogP contribution is 2.26.